The fourth-order valence-electron chi connectivity index (χ4n) is 6.87. The molecule has 0 aromatic heterocycles. The lowest BCUT2D eigenvalue weighted by molar-refractivity contribution is -0.131. The second-order valence-electron chi connectivity index (χ2n) is 13.8. The average Bonchev–Trinajstić information content (AvgIpc) is 3.29. The van der Waals surface area contributed by atoms with Crippen molar-refractivity contribution in [3.8, 4) is 5.75 Å². The van der Waals surface area contributed by atoms with Crippen LogP contribution in [0.4, 0.5) is 87.8 Å². The van der Waals surface area contributed by atoms with Gasteiger partial charge in [0.05, 0.1) is 0 Å². The summed E-state index contributed by atoms with van der Waals surface area (Å²) in [4.78, 5) is 23.8. The largest absolute Gasteiger partial charge is 0.427 e. The summed E-state index contributed by atoms with van der Waals surface area (Å²) in [6.45, 7) is 1.31. The van der Waals surface area contributed by atoms with E-state index in [4.69, 9.17) is 4.74 Å². The topological polar surface area (TPSA) is 60.4 Å². The third-order valence-electron chi connectivity index (χ3n) is 9.79. The quantitative estimate of drug-likeness (QED) is 0.0213. The van der Waals surface area contributed by atoms with Gasteiger partial charge in [0, 0.05) is 12.5 Å². The van der Waals surface area contributed by atoms with Crippen LogP contribution < -0.4 is 26.6 Å². The highest BCUT2D eigenvalue weighted by molar-refractivity contribution is 8.03. The van der Waals surface area contributed by atoms with Crippen LogP contribution in [0.25, 0.3) is 0 Å². The number of ketones is 1. The Morgan fingerprint density at radius 3 is 0.925 bits per heavy atom. The molecule has 0 spiro atoms. The molecule has 354 valence electrons. The summed E-state index contributed by atoms with van der Waals surface area (Å²) in [5, 5.41) is 0. The number of halogens is 20. The second kappa shape index (κ2) is 18.9. The molecule has 1 atom stereocenters. The Morgan fingerprint density at radius 2 is 0.672 bits per heavy atom. The summed E-state index contributed by atoms with van der Waals surface area (Å²) in [5.41, 5.74) is -13.9. The van der Waals surface area contributed by atoms with Crippen LogP contribution in [-0.4, -0.2) is 29.9 Å². The lowest BCUT2D eigenvalue weighted by Crippen LogP contribution is -2.81. The number of hydrogen-bond donors (Lipinski definition) is 0. The van der Waals surface area contributed by atoms with Crippen LogP contribution in [-0.2, 0) is 18.9 Å². The molecule has 0 heterocycles. The van der Waals surface area contributed by atoms with E-state index in [1.807, 2.05) is 6.07 Å². The molecule has 0 bridgehead atoms. The molecule has 0 fully saturated rings. The summed E-state index contributed by atoms with van der Waals surface area (Å²) >= 11 is 0. The number of ether oxygens (including phenoxy) is 1. The van der Waals surface area contributed by atoms with Gasteiger partial charge >= 0.3 is 5.97 Å². The van der Waals surface area contributed by atoms with Crippen molar-refractivity contribution in [2.45, 2.75) is 11.8 Å². The van der Waals surface area contributed by atoms with Crippen molar-refractivity contribution < 1.29 is 106 Å². The zero-order valence-corrected chi connectivity index (χ0v) is 33.4. The van der Waals surface area contributed by atoms with Gasteiger partial charge in [-0.05, 0) is 36.4 Å². The first kappa shape index (κ1) is 51.3. The van der Waals surface area contributed by atoms with E-state index in [2.05, 4.69) is 0 Å². The van der Waals surface area contributed by atoms with Crippen LogP contribution in [0.15, 0.2) is 59.5 Å². The fraction of sp³-hybridized carbons (Fsp3) is 0.0732. The van der Waals surface area contributed by atoms with E-state index >= 15 is 35.1 Å². The van der Waals surface area contributed by atoms with Crippen molar-refractivity contribution in [2.75, 3.05) is 12.0 Å². The van der Waals surface area contributed by atoms with Gasteiger partial charge < -0.3 is 4.74 Å². The van der Waals surface area contributed by atoms with Crippen molar-refractivity contribution in [3.05, 3.63) is 177 Å². The number of hydrogen-bond acceptors (Lipinski definition) is 4. The highest BCUT2D eigenvalue weighted by Gasteiger charge is 2.52. The second-order valence-corrected chi connectivity index (χ2v) is 16.6. The molecule has 6 aromatic carbocycles. The number of carbonyl (C=O) groups excluding carboxylic acids is 2. The lowest BCUT2D eigenvalue weighted by Gasteiger charge is -2.44. The first-order chi connectivity index (χ1) is 31.1. The highest BCUT2D eigenvalue weighted by atomic mass is 32.2. The molecule has 0 saturated heterocycles. The first-order valence-corrected chi connectivity index (χ1v) is 19.8. The van der Waals surface area contributed by atoms with Crippen molar-refractivity contribution in [1.82, 2.24) is 0 Å². The Labute approximate surface area is 361 Å². The Bertz CT molecular complexity index is 2680. The van der Waals surface area contributed by atoms with Crippen LogP contribution in [0.5, 0.6) is 5.75 Å². The van der Waals surface area contributed by atoms with Crippen LogP contribution in [0.2, 0.25) is 0 Å². The van der Waals surface area contributed by atoms with Gasteiger partial charge in [0.1, 0.15) is 74.6 Å². The van der Waals surface area contributed by atoms with E-state index in [0.717, 1.165) is 0 Å². The zero-order chi connectivity index (χ0) is 50.5. The van der Waals surface area contributed by atoms with Crippen molar-refractivity contribution in [1.29, 1.82) is 0 Å². The van der Waals surface area contributed by atoms with E-state index in [-0.39, 0.29) is 11.5 Å². The Morgan fingerprint density at radius 1 is 0.418 bits per heavy atom. The maximum atomic E-state index is 15.4. The summed E-state index contributed by atoms with van der Waals surface area (Å²) in [6, 6.07) is 15.2. The number of carbonyl (C=O) groups is 2. The van der Waals surface area contributed by atoms with Gasteiger partial charge in [-0.2, -0.15) is 0 Å². The summed E-state index contributed by atoms with van der Waals surface area (Å²) < 4.78 is 312. The molecule has 26 heteroatoms. The SMILES string of the molecule is CC(=O)Oc1ccc(C(=O)C[S+](C)(=O)c2ccccc2)cc1.Fc1c(F)c(F)c([B-](c2c(F)c(F)c(F)c(F)c2F)(c2c(F)c(F)c(F)c(F)c2F)c2c(F)c(F)c(F)c(F)c2F)c(F)c1F. The molecule has 4 nitrogen and oxygen atoms in total. The molecular weight excluding hydrogens is 979 g/mol. The van der Waals surface area contributed by atoms with Gasteiger partial charge in [-0.25, -0.2) is 87.8 Å². The molecule has 67 heavy (non-hydrogen) atoms. The molecule has 0 radical (unpaired) electrons. The molecule has 1 unspecified atom stereocenters. The molecule has 0 aliphatic carbocycles. The molecular formula is C41H17BF20O4S. The lowest BCUT2D eigenvalue weighted by atomic mass is 9.12. The Hall–Kier alpha value is -6.73. The number of rotatable bonds is 9. The van der Waals surface area contributed by atoms with Crippen LogP contribution in [0.3, 0.4) is 0 Å². The molecule has 0 saturated carbocycles. The third kappa shape index (κ3) is 8.61. The molecule has 6 rings (SSSR count). The van der Waals surface area contributed by atoms with Gasteiger partial charge in [-0.15, -0.1) is 21.9 Å². The molecule has 0 aliphatic heterocycles. The van der Waals surface area contributed by atoms with Gasteiger partial charge in [0.2, 0.25) is 5.78 Å². The van der Waals surface area contributed by atoms with E-state index in [9.17, 15) is 66.5 Å². The third-order valence-corrected chi connectivity index (χ3v) is 11.9. The van der Waals surface area contributed by atoms with E-state index < -0.39 is 160 Å². The number of Topliss-reactive ketones (excluding diaryl/α,β-unsaturated/α-hetero) is 1. The van der Waals surface area contributed by atoms with E-state index in [1.54, 1.807) is 54.8 Å². The molecule has 0 N–H and O–H groups in total. The smallest absolute Gasteiger partial charge is 0.308 e. The van der Waals surface area contributed by atoms with Crippen LogP contribution in [0, 0.1) is 116 Å². The maximum Gasteiger partial charge on any atom is 0.308 e. The first-order valence-electron chi connectivity index (χ1n) is 17.7. The highest BCUT2D eigenvalue weighted by Crippen LogP contribution is 2.31. The van der Waals surface area contributed by atoms with Crippen molar-refractivity contribution >= 4 is 49.7 Å². The predicted octanol–water partition coefficient (Wildman–Crippen LogP) is 8.83. The standard InChI is InChI=1S/C24BF20.C17H17O4S/c26-5-1(6(27)14(35)21(42)13(5)34)25(2-7(28)15(36)22(43)16(37)8(2)29,3-9(30)17(38)23(44)18(39)10(3)31)4-11(32)19(40)24(45)20(41)12(4)33;1-13(18)21-15-10-8-14(9-11-15)17(19)12-22(2,20)16-6-4-3-5-7-16/h;3-11H,12H2,1-2H3/q-1;+1. The van der Waals surface area contributed by atoms with Crippen molar-refractivity contribution in [3.63, 3.8) is 0 Å². The number of esters is 1. The van der Waals surface area contributed by atoms with E-state index in [0.29, 0.717) is 16.2 Å². The minimum atomic E-state index is -7.22. The monoisotopic (exact) mass is 996 g/mol. The summed E-state index contributed by atoms with van der Waals surface area (Å²) in [5.74, 6) is -71.7. The summed E-state index contributed by atoms with van der Waals surface area (Å²) in [6.07, 6.45) is -5.63. The zero-order valence-electron chi connectivity index (χ0n) is 32.6. The van der Waals surface area contributed by atoms with Gasteiger partial charge in [0.15, 0.2) is 80.5 Å². The van der Waals surface area contributed by atoms with Crippen LogP contribution >= 0.6 is 0 Å². The van der Waals surface area contributed by atoms with E-state index in [1.165, 1.54) is 6.92 Å². The average molecular weight is 996 g/mol. The fourth-order valence-corrected chi connectivity index (χ4v) is 8.44. The maximum absolute atomic E-state index is 15.4. The number of benzene rings is 6. The Kier molecular flexibility index (Phi) is 14.4. The molecule has 0 amide bonds. The molecule has 6 aromatic rings. The minimum Gasteiger partial charge on any atom is -0.427 e. The molecule has 0 aliphatic rings. The van der Waals surface area contributed by atoms with Crippen LogP contribution in [0.1, 0.15) is 17.3 Å². The van der Waals surface area contributed by atoms with Gasteiger partial charge in [0.25, 0.3) is 0 Å². The van der Waals surface area contributed by atoms with Gasteiger partial charge in [-0.3, -0.25) is 9.59 Å². The predicted molar refractivity (Wildman–Crippen MR) is 195 cm³/mol. The summed E-state index contributed by atoms with van der Waals surface area (Å²) in [7, 11) is -2.42. The minimum absolute atomic E-state index is 0.0517. The normalized spacial score (nSPS) is 12.4. The van der Waals surface area contributed by atoms with Crippen molar-refractivity contribution in [2.24, 2.45) is 0 Å². The Balaban J connectivity index is 0.000000319. The van der Waals surface area contributed by atoms with Gasteiger partial charge in [-0.1, -0.05) is 22.4 Å².